The van der Waals surface area contributed by atoms with E-state index in [9.17, 15) is 4.79 Å². The van der Waals surface area contributed by atoms with Gasteiger partial charge >= 0.3 is 0 Å². The Hall–Kier alpha value is -2.86. The number of fused-ring (bicyclic) bond motifs is 1. The number of aryl methyl sites for hydroxylation is 1. The molecule has 2 aromatic carbocycles. The molecule has 134 valence electrons. The van der Waals surface area contributed by atoms with Crippen LogP contribution < -0.4 is 14.8 Å². The maximum atomic E-state index is 12.2. The van der Waals surface area contributed by atoms with Crippen LogP contribution in [0.3, 0.4) is 0 Å². The average molecular weight is 368 g/mol. The molecule has 0 radical (unpaired) electrons. The lowest BCUT2D eigenvalue weighted by Gasteiger charge is -2.11. The lowest BCUT2D eigenvalue weighted by molar-refractivity contribution is -0.118. The van der Waals surface area contributed by atoms with E-state index in [0.717, 1.165) is 27.8 Å². The maximum absolute atomic E-state index is 12.2. The fourth-order valence-corrected chi connectivity index (χ4v) is 3.49. The highest BCUT2D eigenvalue weighted by Crippen LogP contribution is 2.29. The molecule has 0 spiro atoms. The second-order valence-electron chi connectivity index (χ2n) is 5.81. The van der Waals surface area contributed by atoms with Crippen LogP contribution in [0.1, 0.15) is 11.1 Å². The Bertz CT molecular complexity index is 949. The fraction of sp³-hybridized carbons (Fsp3) is 0.200. The zero-order chi connectivity index (χ0) is 18.5. The van der Waals surface area contributed by atoms with Gasteiger partial charge in [-0.1, -0.05) is 29.5 Å². The van der Waals surface area contributed by atoms with E-state index in [0.29, 0.717) is 16.6 Å². The monoisotopic (exact) mass is 368 g/mol. The number of ether oxygens (including phenoxy) is 2. The second kappa shape index (κ2) is 8.01. The number of carbonyl (C=O) groups excluding carboxylic acids is 1. The Kier molecular flexibility index (Phi) is 5.53. The summed E-state index contributed by atoms with van der Waals surface area (Å²) in [7, 11) is 1.57. The van der Waals surface area contributed by atoms with Crippen molar-refractivity contribution < 1.29 is 14.3 Å². The van der Waals surface area contributed by atoms with Crippen LogP contribution in [0.15, 0.2) is 49.1 Å². The summed E-state index contributed by atoms with van der Waals surface area (Å²) in [5, 5.41) is 3.34. The predicted octanol–water partition coefficient (Wildman–Crippen LogP) is 4.36. The van der Waals surface area contributed by atoms with Crippen molar-refractivity contribution >= 4 is 32.6 Å². The van der Waals surface area contributed by atoms with Crippen LogP contribution in [0.25, 0.3) is 10.2 Å². The summed E-state index contributed by atoms with van der Waals surface area (Å²) in [4.78, 5) is 16.6. The van der Waals surface area contributed by atoms with Crippen LogP contribution in [-0.2, 0) is 11.2 Å². The van der Waals surface area contributed by atoms with Gasteiger partial charge in [-0.15, -0.1) is 6.58 Å². The molecule has 26 heavy (non-hydrogen) atoms. The molecule has 0 aliphatic rings. The van der Waals surface area contributed by atoms with Crippen molar-refractivity contribution in [2.75, 3.05) is 19.0 Å². The molecule has 0 aliphatic heterocycles. The normalized spacial score (nSPS) is 10.5. The van der Waals surface area contributed by atoms with E-state index >= 15 is 0 Å². The molecular weight excluding hydrogens is 348 g/mol. The minimum atomic E-state index is -0.266. The molecule has 1 heterocycles. The molecule has 0 atom stereocenters. The van der Waals surface area contributed by atoms with Gasteiger partial charge in [0.05, 0.1) is 17.3 Å². The minimum absolute atomic E-state index is 0.119. The maximum Gasteiger partial charge on any atom is 0.264 e. The van der Waals surface area contributed by atoms with Crippen molar-refractivity contribution in [3.05, 3.63) is 60.2 Å². The van der Waals surface area contributed by atoms with Gasteiger partial charge in [-0.25, -0.2) is 4.98 Å². The number of methoxy groups -OCH3 is 1. The third-order valence-corrected chi connectivity index (χ3v) is 4.69. The Labute approximate surface area is 156 Å². The molecule has 0 aliphatic carbocycles. The van der Waals surface area contributed by atoms with E-state index in [2.05, 4.69) is 22.9 Å². The first-order chi connectivity index (χ1) is 12.6. The molecule has 6 heteroatoms. The van der Waals surface area contributed by atoms with Crippen molar-refractivity contribution in [1.29, 1.82) is 0 Å². The number of amides is 1. The largest absolute Gasteiger partial charge is 0.493 e. The number of anilines is 1. The van der Waals surface area contributed by atoms with Gasteiger partial charge in [0.15, 0.2) is 23.2 Å². The van der Waals surface area contributed by atoms with Gasteiger partial charge in [0.1, 0.15) is 0 Å². The molecular formula is C20H20N2O3S. The van der Waals surface area contributed by atoms with Crippen molar-refractivity contribution in [2.45, 2.75) is 13.3 Å². The van der Waals surface area contributed by atoms with E-state index in [1.807, 2.05) is 37.3 Å². The highest BCUT2D eigenvalue weighted by atomic mass is 32.1. The first kappa shape index (κ1) is 17.9. The van der Waals surface area contributed by atoms with Gasteiger partial charge in [0.2, 0.25) is 0 Å². The zero-order valence-electron chi connectivity index (χ0n) is 14.7. The van der Waals surface area contributed by atoms with Crippen molar-refractivity contribution in [3.63, 3.8) is 0 Å². The average Bonchev–Trinajstić information content (AvgIpc) is 3.01. The Morgan fingerprint density at radius 2 is 2.12 bits per heavy atom. The lowest BCUT2D eigenvalue weighted by atomic mass is 10.1. The summed E-state index contributed by atoms with van der Waals surface area (Å²) in [6.45, 7) is 5.63. The minimum Gasteiger partial charge on any atom is -0.493 e. The molecule has 5 nitrogen and oxygen atoms in total. The van der Waals surface area contributed by atoms with Crippen LogP contribution in [0.5, 0.6) is 11.5 Å². The molecule has 0 unspecified atom stereocenters. The van der Waals surface area contributed by atoms with Gasteiger partial charge in [-0.05, 0) is 48.7 Å². The Morgan fingerprint density at radius 3 is 2.88 bits per heavy atom. The number of hydrogen-bond donors (Lipinski definition) is 1. The van der Waals surface area contributed by atoms with Gasteiger partial charge in [-0.2, -0.15) is 0 Å². The third kappa shape index (κ3) is 4.21. The van der Waals surface area contributed by atoms with Crippen molar-refractivity contribution in [1.82, 2.24) is 4.98 Å². The summed E-state index contributed by atoms with van der Waals surface area (Å²) in [6.07, 6.45) is 2.57. The summed E-state index contributed by atoms with van der Waals surface area (Å²) >= 11 is 1.44. The molecule has 0 bridgehead atoms. The summed E-state index contributed by atoms with van der Waals surface area (Å²) in [6, 6.07) is 11.6. The number of nitrogens with one attached hydrogen (secondary N) is 1. The van der Waals surface area contributed by atoms with Gasteiger partial charge in [0, 0.05) is 0 Å². The smallest absolute Gasteiger partial charge is 0.264 e. The molecule has 3 aromatic rings. The summed E-state index contributed by atoms with van der Waals surface area (Å²) < 4.78 is 12.0. The molecule has 1 N–H and O–H groups in total. The van der Waals surface area contributed by atoms with Crippen LogP contribution in [-0.4, -0.2) is 24.6 Å². The zero-order valence-corrected chi connectivity index (χ0v) is 15.6. The van der Waals surface area contributed by atoms with Crippen LogP contribution in [0.2, 0.25) is 0 Å². The molecule has 0 fully saturated rings. The van der Waals surface area contributed by atoms with Crippen LogP contribution >= 0.6 is 11.3 Å². The number of rotatable bonds is 7. The molecule has 0 saturated carbocycles. The van der Waals surface area contributed by atoms with E-state index in [4.69, 9.17) is 9.47 Å². The number of carbonyl (C=O) groups is 1. The molecule has 1 amide bonds. The number of benzene rings is 2. The summed E-state index contributed by atoms with van der Waals surface area (Å²) in [5.74, 6) is 0.848. The van der Waals surface area contributed by atoms with Crippen molar-refractivity contribution in [2.24, 2.45) is 0 Å². The number of nitrogens with zero attached hydrogens (tertiary/aromatic N) is 1. The lowest BCUT2D eigenvalue weighted by Crippen LogP contribution is -2.20. The first-order valence-corrected chi connectivity index (χ1v) is 8.98. The predicted molar refractivity (Wildman–Crippen MR) is 105 cm³/mol. The molecule has 0 saturated heterocycles. The number of aromatic nitrogens is 1. The van der Waals surface area contributed by atoms with E-state index in [1.54, 1.807) is 13.2 Å². The highest BCUT2D eigenvalue weighted by molar-refractivity contribution is 7.22. The Balaban J connectivity index is 1.63. The molecule has 1 aromatic heterocycles. The van der Waals surface area contributed by atoms with Gasteiger partial charge in [-0.3, -0.25) is 10.1 Å². The second-order valence-corrected chi connectivity index (χ2v) is 6.84. The van der Waals surface area contributed by atoms with E-state index in [-0.39, 0.29) is 12.5 Å². The van der Waals surface area contributed by atoms with Crippen molar-refractivity contribution in [3.8, 4) is 11.5 Å². The SMILES string of the molecule is C=CCc1ccc(OCC(=O)Nc2nc3ccc(C)cc3s2)c(OC)c1. The standard InChI is InChI=1S/C20H20N2O3S/c1-4-5-14-7-9-16(17(11-14)24-3)25-12-19(23)22-20-21-15-8-6-13(2)10-18(15)26-20/h4,6-11H,1,5,12H2,2-3H3,(H,21,22,23). The Morgan fingerprint density at radius 1 is 1.27 bits per heavy atom. The summed E-state index contributed by atoms with van der Waals surface area (Å²) in [5.41, 5.74) is 3.10. The van der Waals surface area contributed by atoms with Crippen LogP contribution in [0, 0.1) is 6.92 Å². The van der Waals surface area contributed by atoms with Gasteiger partial charge < -0.3 is 9.47 Å². The third-order valence-electron chi connectivity index (χ3n) is 3.76. The number of allylic oxidation sites excluding steroid dienone is 1. The van der Waals surface area contributed by atoms with Crippen LogP contribution in [0.4, 0.5) is 5.13 Å². The quantitative estimate of drug-likeness (QED) is 0.630. The highest BCUT2D eigenvalue weighted by Gasteiger charge is 2.11. The first-order valence-electron chi connectivity index (χ1n) is 8.16. The fourth-order valence-electron chi connectivity index (χ4n) is 2.51. The number of hydrogen-bond acceptors (Lipinski definition) is 5. The number of thiazole rings is 1. The topological polar surface area (TPSA) is 60.5 Å². The molecule has 3 rings (SSSR count). The van der Waals surface area contributed by atoms with Gasteiger partial charge in [0.25, 0.3) is 5.91 Å². The van der Waals surface area contributed by atoms with E-state index in [1.165, 1.54) is 11.3 Å². The van der Waals surface area contributed by atoms with E-state index < -0.39 is 0 Å².